The summed E-state index contributed by atoms with van der Waals surface area (Å²) < 4.78 is 54.0. The zero-order chi connectivity index (χ0) is 20.0. The summed E-state index contributed by atoms with van der Waals surface area (Å²) in [5.41, 5.74) is -0.526. The molecule has 0 saturated heterocycles. The lowest BCUT2D eigenvalue weighted by atomic mass is 10.1. The summed E-state index contributed by atoms with van der Waals surface area (Å²) in [6.07, 6.45) is -3.17. The molecule has 1 aromatic carbocycles. The second kappa shape index (κ2) is 9.20. The van der Waals surface area contributed by atoms with E-state index in [9.17, 15) is 13.2 Å². The molecule has 1 N–H and O–H groups in total. The largest absolute Gasteiger partial charge is 0.496 e. The Kier molecular flexibility index (Phi) is 7.22. The van der Waals surface area contributed by atoms with Crippen LogP contribution in [0.5, 0.6) is 5.75 Å². The number of methoxy groups -OCH3 is 3. The van der Waals surface area contributed by atoms with Gasteiger partial charge in [-0.3, -0.25) is 0 Å². The van der Waals surface area contributed by atoms with E-state index >= 15 is 0 Å². The summed E-state index contributed by atoms with van der Waals surface area (Å²) in [4.78, 5) is 4.38. The lowest BCUT2D eigenvalue weighted by molar-refractivity contribution is -0.137. The third-order valence-corrected chi connectivity index (χ3v) is 4.24. The van der Waals surface area contributed by atoms with Crippen molar-refractivity contribution in [3.8, 4) is 17.1 Å². The number of hydrogen-bond donors (Lipinski definition) is 1. The molecule has 1 heterocycles. The molecule has 0 saturated carbocycles. The molecular formula is C16H19F3N4O3S. The lowest BCUT2D eigenvalue weighted by Crippen LogP contribution is -2.24. The highest BCUT2D eigenvalue weighted by molar-refractivity contribution is 7.98. The maximum Gasteiger partial charge on any atom is 0.416 e. The van der Waals surface area contributed by atoms with Crippen LogP contribution in [0.2, 0.25) is 0 Å². The van der Waals surface area contributed by atoms with Crippen molar-refractivity contribution in [2.24, 2.45) is 0 Å². The molecule has 0 fully saturated rings. The van der Waals surface area contributed by atoms with E-state index in [0.29, 0.717) is 23.0 Å². The molecular weight excluding hydrogens is 385 g/mol. The smallest absolute Gasteiger partial charge is 0.416 e. The third-order valence-electron chi connectivity index (χ3n) is 3.58. The van der Waals surface area contributed by atoms with Gasteiger partial charge in [0.2, 0.25) is 0 Å². The van der Waals surface area contributed by atoms with Gasteiger partial charge in [0.15, 0.2) is 23.0 Å². The fourth-order valence-electron chi connectivity index (χ4n) is 2.18. The van der Waals surface area contributed by atoms with E-state index in [0.717, 1.165) is 12.1 Å². The molecule has 0 spiro atoms. The summed E-state index contributed by atoms with van der Waals surface area (Å²) in [5, 5.41) is 11.6. The number of aromatic nitrogens is 3. The molecule has 1 aromatic heterocycles. The fraction of sp³-hybridized carbons (Fsp3) is 0.438. The van der Waals surface area contributed by atoms with Gasteiger partial charge >= 0.3 is 6.18 Å². The van der Waals surface area contributed by atoms with Crippen molar-refractivity contribution in [3.05, 3.63) is 23.8 Å². The number of benzene rings is 1. The zero-order valence-electron chi connectivity index (χ0n) is 15.1. The van der Waals surface area contributed by atoms with Gasteiger partial charge in [-0.05, 0) is 24.5 Å². The molecule has 148 valence electrons. The van der Waals surface area contributed by atoms with E-state index in [1.54, 1.807) is 6.26 Å². The van der Waals surface area contributed by atoms with Crippen LogP contribution < -0.4 is 10.1 Å². The summed E-state index contributed by atoms with van der Waals surface area (Å²) in [5.74, 6) is 0.543. The molecule has 0 aliphatic carbocycles. The maximum absolute atomic E-state index is 12.9. The van der Waals surface area contributed by atoms with Crippen LogP contribution in [0.1, 0.15) is 5.56 Å². The average molecular weight is 404 g/mol. The summed E-state index contributed by atoms with van der Waals surface area (Å²) in [6.45, 7) is 0.294. The standard InChI is InChI=1S/C16H19F3N4O3S/c1-24-11-7-9(16(17,18)19)5-6-10(11)13-21-14(15(27-4)23-22-13)20-8-12(25-2)26-3/h5-7,12H,8H2,1-4H3,(H,20,21,22). The molecule has 0 atom stereocenters. The molecule has 0 aliphatic rings. The zero-order valence-corrected chi connectivity index (χ0v) is 15.9. The van der Waals surface area contributed by atoms with Gasteiger partial charge in [-0.2, -0.15) is 13.2 Å². The Labute approximate surface area is 158 Å². The van der Waals surface area contributed by atoms with Crippen molar-refractivity contribution < 1.29 is 27.4 Å². The predicted octanol–water partition coefficient (Wildman–Crippen LogP) is 3.32. The Hall–Kier alpha value is -2.11. The van der Waals surface area contributed by atoms with Crippen molar-refractivity contribution in [3.63, 3.8) is 0 Å². The molecule has 0 unspecified atom stereocenters. The highest BCUT2D eigenvalue weighted by atomic mass is 32.2. The Balaban J connectivity index is 2.39. The highest BCUT2D eigenvalue weighted by Crippen LogP contribution is 2.36. The number of rotatable bonds is 8. The van der Waals surface area contributed by atoms with Crippen LogP contribution in [0.25, 0.3) is 11.4 Å². The number of ether oxygens (including phenoxy) is 3. The van der Waals surface area contributed by atoms with Crippen LogP contribution in [-0.4, -0.2) is 55.6 Å². The lowest BCUT2D eigenvalue weighted by Gasteiger charge is -2.16. The van der Waals surface area contributed by atoms with E-state index < -0.39 is 18.0 Å². The van der Waals surface area contributed by atoms with Crippen molar-refractivity contribution in [1.82, 2.24) is 15.2 Å². The molecule has 0 amide bonds. The van der Waals surface area contributed by atoms with Crippen molar-refractivity contribution >= 4 is 17.6 Å². The Bertz CT molecular complexity index is 773. The van der Waals surface area contributed by atoms with E-state index in [1.807, 2.05) is 0 Å². The number of halogens is 3. The minimum Gasteiger partial charge on any atom is -0.496 e. The quantitative estimate of drug-likeness (QED) is 0.530. The van der Waals surface area contributed by atoms with Crippen molar-refractivity contribution in [1.29, 1.82) is 0 Å². The molecule has 0 radical (unpaired) electrons. The summed E-state index contributed by atoms with van der Waals surface area (Å²) in [7, 11) is 4.29. The molecule has 27 heavy (non-hydrogen) atoms. The van der Waals surface area contributed by atoms with E-state index in [1.165, 1.54) is 39.2 Å². The minimum absolute atomic E-state index is 0.00105. The first-order valence-electron chi connectivity index (χ1n) is 7.67. The molecule has 2 rings (SSSR count). The van der Waals surface area contributed by atoms with Gasteiger partial charge in [0.1, 0.15) is 5.75 Å². The number of hydrogen-bond acceptors (Lipinski definition) is 8. The number of anilines is 1. The third kappa shape index (κ3) is 5.21. The van der Waals surface area contributed by atoms with E-state index in [2.05, 4.69) is 20.5 Å². The number of nitrogens with one attached hydrogen (secondary N) is 1. The normalized spacial score (nSPS) is 11.7. The van der Waals surface area contributed by atoms with E-state index in [4.69, 9.17) is 14.2 Å². The minimum atomic E-state index is -4.48. The van der Waals surface area contributed by atoms with Gasteiger partial charge in [0, 0.05) is 14.2 Å². The van der Waals surface area contributed by atoms with Crippen molar-refractivity contribution in [2.75, 3.05) is 39.4 Å². The van der Waals surface area contributed by atoms with Gasteiger partial charge in [0.05, 0.1) is 24.8 Å². The first-order chi connectivity index (χ1) is 12.8. The van der Waals surface area contributed by atoms with Crippen LogP contribution in [-0.2, 0) is 15.7 Å². The average Bonchev–Trinajstić information content (AvgIpc) is 2.67. The first-order valence-corrected chi connectivity index (χ1v) is 8.90. The van der Waals surface area contributed by atoms with Gasteiger partial charge in [-0.25, -0.2) is 4.98 Å². The first kappa shape index (κ1) is 21.2. The van der Waals surface area contributed by atoms with Crippen LogP contribution >= 0.6 is 11.8 Å². The summed E-state index contributed by atoms with van der Waals surface area (Å²) in [6, 6.07) is 3.11. The highest BCUT2D eigenvalue weighted by Gasteiger charge is 2.31. The number of alkyl halides is 3. The fourth-order valence-corrected chi connectivity index (χ4v) is 2.61. The van der Waals surface area contributed by atoms with Crippen molar-refractivity contribution in [2.45, 2.75) is 17.5 Å². The maximum atomic E-state index is 12.9. The molecule has 0 bridgehead atoms. The summed E-state index contributed by atoms with van der Waals surface area (Å²) >= 11 is 1.32. The molecule has 2 aromatic rings. The SMILES string of the molecule is COc1cc(C(F)(F)F)ccc1-c1nnc(SC)c(NCC(OC)OC)n1. The Morgan fingerprint density at radius 1 is 1.15 bits per heavy atom. The van der Waals surface area contributed by atoms with Gasteiger partial charge in [0.25, 0.3) is 0 Å². The van der Waals surface area contributed by atoms with Gasteiger partial charge < -0.3 is 19.5 Å². The Morgan fingerprint density at radius 3 is 2.41 bits per heavy atom. The second-order valence-corrected chi connectivity index (χ2v) is 5.98. The number of thioether (sulfide) groups is 1. The Morgan fingerprint density at radius 2 is 1.85 bits per heavy atom. The molecule has 7 nitrogen and oxygen atoms in total. The topological polar surface area (TPSA) is 78.4 Å². The van der Waals surface area contributed by atoms with Crippen LogP contribution in [0.4, 0.5) is 19.0 Å². The molecule has 11 heteroatoms. The molecule has 0 aliphatic heterocycles. The number of nitrogens with zero attached hydrogens (tertiary/aromatic N) is 3. The van der Waals surface area contributed by atoms with Gasteiger partial charge in [-0.1, -0.05) is 0 Å². The van der Waals surface area contributed by atoms with Crippen LogP contribution in [0.15, 0.2) is 23.2 Å². The van der Waals surface area contributed by atoms with Crippen LogP contribution in [0, 0.1) is 0 Å². The van der Waals surface area contributed by atoms with Gasteiger partial charge in [-0.15, -0.1) is 22.0 Å². The van der Waals surface area contributed by atoms with Crippen LogP contribution in [0.3, 0.4) is 0 Å². The second-order valence-electron chi connectivity index (χ2n) is 5.19. The predicted molar refractivity (Wildman–Crippen MR) is 94.9 cm³/mol. The van der Waals surface area contributed by atoms with E-state index in [-0.39, 0.29) is 11.6 Å². The monoisotopic (exact) mass is 404 g/mol.